The fraction of sp³-hybridized carbons (Fsp3) is 0.0909. The summed E-state index contributed by atoms with van der Waals surface area (Å²) in [6, 6.07) is 28.6. The Kier molecular flexibility index (Phi) is 3.88. The van der Waals surface area contributed by atoms with Gasteiger partial charge in [0.05, 0.1) is 0 Å². The van der Waals surface area contributed by atoms with Gasteiger partial charge in [0, 0.05) is 5.33 Å². The molecule has 0 aliphatic carbocycles. The first-order chi connectivity index (χ1) is 11.4. The molecular formula is C22H17Br. The lowest BCUT2D eigenvalue weighted by Gasteiger charge is -2.13. The Balaban J connectivity index is 2.08. The predicted molar refractivity (Wildman–Crippen MR) is 104 cm³/mol. The van der Waals surface area contributed by atoms with Crippen LogP contribution in [0, 0.1) is 0 Å². The summed E-state index contributed by atoms with van der Waals surface area (Å²) in [5.41, 5.74) is 4.02. The van der Waals surface area contributed by atoms with Crippen molar-refractivity contribution in [2.45, 2.75) is 6.42 Å². The summed E-state index contributed by atoms with van der Waals surface area (Å²) >= 11 is 3.55. The van der Waals surface area contributed by atoms with Crippen molar-refractivity contribution in [2.24, 2.45) is 0 Å². The van der Waals surface area contributed by atoms with E-state index in [0.29, 0.717) is 0 Å². The molecule has 0 saturated heterocycles. The van der Waals surface area contributed by atoms with Gasteiger partial charge in [-0.15, -0.1) is 0 Å². The highest BCUT2D eigenvalue weighted by molar-refractivity contribution is 9.09. The lowest BCUT2D eigenvalue weighted by atomic mass is 9.91. The van der Waals surface area contributed by atoms with Crippen LogP contribution in [0.4, 0.5) is 0 Å². The second-order valence-electron chi connectivity index (χ2n) is 5.83. The average Bonchev–Trinajstić information content (AvgIpc) is 2.60. The van der Waals surface area contributed by atoms with Gasteiger partial charge in [0.25, 0.3) is 0 Å². The molecular weight excluding hydrogens is 344 g/mol. The fourth-order valence-electron chi connectivity index (χ4n) is 3.32. The molecule has 0 spiro atoms. The van der Waals surface area contributed by atoms with E-state index in [4.69, 9.17) is 0 Å². The summed E-state index contributed by atoms with van der Waals surface area (Å²) in [5, 5.41) is 6.23. The molecule has 0 aliphatic rings. The quantitative estimate of drug-likeness (QED) is 0.285. The van der Waals surface area contributed by atoms with Crippen molar-refractivity contribution in [3.8, 4) is 11.1 Å². The maximum atomic E-state index is 3.55. The number of rotatable bonds is 3. The third-order valence-corrected chi connectivity index (χ3v) is 4.77. The van der Waals surface area contributed by atoms with Gasteiger partial charge in [-0.3, -0.25) is 0 Å². The number of hydrogen-bond donors (Lipinski definition) is 0. The normalized spacial score (nSPS) is 11.2. The monoisotopic (exact) mass is 360 g/mol. The van der Waals surface area contributed by atoms with Crippen LogP contribution < -0.4 is 0 Å². The van der Waals surface area contributed by atoms with Crippen LogP contribution in [0.5, 0.6) is 0 Å². The minimum Gasteiger partial charge on any atom is -0.0924 e. The minimum absolute atomic E-state index is 0.993. The van der Waals surface area contributed by atoms with Gasteiger partial charge >= 0.3 is 0 Å². The molecule has 0 nitrogen and oxygen atoms in total. The van der Waals surface area contributed by atoms with Gasteiger partial charge in [0.15, 0.2) is 0 Å². The first kappa shape index (κ1) is 14.5. The molecule has 4 rings (SSSR count). The molecule has 0 bridgehead atoms. The number of hydrogen-bond acceptors (Lipinski definition) is 0. The van der Waals surface area contributed by atoms with Crippen LogP contribution >= 0.6 is 15.9 Å². The molecule has 0 amide bonds. The fourth-order valence-corrected chi connectivity index (χ4v) is 3.77. The maximum Gasteiger partial charge on any atom is 0.00718 e. The van der Waals surface area contributed by atoms with E-state index >= 15 is 0 Å². The Morgan fingerprint density at radius 1 is 0.652 bits per heavy atom. The molecule has 0 heterocycles. The molecule has 0 aromatic heterocycles. The Morgan fingerprint density at radius 3 is 1.96 bits per heavy atom. The molecule has 112 valence electrons. The molecule has 1 heteroatoms. The highest BCUT2D eigenvalue weighted by Gasteiger charge is 2.09. The summed E-state index contributed by atoms with van der Waals surface area (Å²) in [5.74, 6) is 0. The predicted octanol–water partition coefficient (Wildman–Crippen LogP) is 6.60. The molecule has 0 radical (unpaired) electrons. The molecule has 0 unspecified atom stereocenters. The van der Waals surface area contributed by atoms with E-state index in [1.54, 1.807) is 0 Å². The van der Waals surface area contributed by atoms with Crippen LogP contribution in [-0.4, -0.2) is 5.33 Å². The Bertz CT molecular complexity index is 931. The molecule has 0 N–H and O–H groups in total. The van der Waals surface area contributed by atoms with Gasteiger partial charge in [0.1, 0.15) is 0 Å². The topological polar surface area (TPSA) is 0 Å². The number of aryl methyl sites for hydroxylation is 1. The van der Waals surface area contributed by atoms with E-state index in [-0.39, 0.29) is 0 Å². The summed E-state index contributed by atoms with van der Waals surface area (Å²) in [6.45, 7) is 0. The number of alkyl halides is 1. The van der Waals surface area contributed by atoms with Gasteiger partial charge in [-0.25, -0.2) is 0 Å². The highest BCUT2D eigenvalue weighted by Crippen LogP contribution is 2.36. The van der Waals surface area contributed by atoms with Crippen LogP contribution in [0.15, 0.2) is 78.9 Å². The summed E-state index contributed by atoms with van der Waals surface area (Å²) in [4.78, 5) is 0. The van der Waals surface area contributed by atoms with Gasteiger partial charge in [-0.1, -0.05) is 88.7 Å². The van der Waals surface area contributed by atoms with E-state index in [1.165, 1.54) is 38.2 Å². The molecule has 0 fully saturated rings. The first-order valence-electron chi connectivity index (χ1n) is 7.92. The minimum atomic E-state index is 0.993. The molecule has 4 aromatic rings. The first-order valence-corrected chi connectivity index (χ1v) is 9.05. The number of halogens is 1. The number of benzene rings is 4. The lowest BCUT2D eigenvalue weighted by Crippen LogP contribution is -1.89. The third kappa shape index (κ3) is 2.66. The van der Waals surface area contributed by atoms with E-state index in [1.807, 2.05) is 0 Å². The second kappa shape index (κ2) is 6.17. The van der Waals surface area contributed by atoms with Gasteiger partial charge in [-0.2, -0.15) is 0 Å². The zero-order valence-electron chi connectivity index (χ0n) is 12.8. The summed E-state index contributed by atoms with van der Waals surface area (Å²) < 4.78 is 0. The zero-order valence-corrected chi connectivity index (χ0v) is 14.4. The SMILES string of the molecule is BrCCc1cccc(-c2c3ccccc3cc3ccccc23)c1. The van der Waals surface area contributed by atoms with Crippen molar-refractivity contribution in [3.05, 3.63) is 84.4 Å². The third-order valence-electron chi connectivity index (χ3n) is 4.37. The summed E-state index contributed by atoms with van der Waals surface area (Å²) in [7, 11) is 0. The zero-order chi connectivity index (χ0) is 15.6. The molecule has 4 aromatic carbocycles. The lowest BCUT2D eigenvalue weighted by molar-refractivity contribution is 1.17. The van der Waals surface area contributed by atoms with Crippen molar-refractivity contribution in [2.75, 3.05) is 5.33 Å². The van der Waals surface area contributed by atoms with Crippen LogP contribution in [-0.2, 0) is 6.42 Å². The molecule has 0 aliphatic heterocycles. The van der Waals surface area contributed by atoms with Crippen molar-refractivity contribution in [3.63, 3.8) is 0 Å². The smallest absolute Gasteiger partial charge is 0.00718 e. The van der Waals surface area contributed by atoms with E-state index in [9.17, 15) is 0 Å². The van der Waals surface area contributed by atoms with E-state index in [2.05, 4.69) is 94.8 Å². The molecule has 0 atom stereocenters. The Labute approximate surface area is 144 Å². The van der Waals surface area contributed by atoms with Crippen LogP contribution in [0.1, 0.15) is 5.56 Å². The summed E-state index contributed by atoms with van der Waals surface area (Å²) in [6.07, 6.45) is 1.05. The highest BCUT2D eigenvalue weighted by atomic mass is 79.9. The van der Waals surface area contributed by atoms with Gasteiger partial charge < -0.3 is 0 Å². The van der Waals surface area contributed by atoms with Crippen molar-refractivity contribution < 1.29 is 0 Å². The Morgan fingerprint density at radius 2 is 1.30 bits per heavy atom. The molecule has 23 heavy (non-hydrogen) atoms. The van der Waals surface area contributed by atoms with E-state index in [0.717, 1.165) is 11.8 Å². The van der Waals surface area contributed by atoms with Crippen LogP contribution in [0.2, 0.25) is 0 Å². The standard InChI is InChI=1S/C22H17Br/c23-13-12-16-6-5-9-19(14-16)22-20-10-3-1-7-17(20)15-18-8-2-4-11-21(18)22/h1-11,14-15H,12-13H2. The van der Waals surface area contributed by atoms with Gasteiger partial charge in [0.2, 0.25) is 0 Å². The van der Waals surface area contributed by atoms with Crippen molar-refractivity contribution in [1.82, 2.24) is 0 Å². The van der Waals surface area contributed by atoms with Crippen LogP contribution in [0.3, 0.4) is 0 Å². The van der Waals surface area contributed by atoms with E-state index < -0.39 is 0 Å². The van der Waals surface area contributed by atoms with Crippen LogP contribution in [0.25, 0.3) is 32.7 Å². The largest absolute Gasteiger partial charge is 0.0924 e. The van der Waals surface area contributed by atoms with Gasteiger partial charge in [-0.05, 0) is 50.7 Å². The van der Waals surface area contributed by atoms with Crippen molar-refractivity contribution in [1.29, 1.82) is 0 Å². The van der Waals surface area contributed by atoms with Crippen molar-refractivity contribution >= 4 is 37.5 Å². The average molecular weight is 361 g/mol. The number of fused-ring (bicyclic) bond motifs is 2. The molecule has 0 saturated carbocycles. The second-order valence-corrected chi connectivity index (χ2v) is 6.63. The maximum absolute atomic E-state index is 3.55. The Hall–Kier alpha value is -2.12.